The van der Waals surface area contributed by atoms with Crippen LogP contribution in [-0.2, 0) is 6.42 Å². The molecule has 0 radical (unpaired) electrons. The quantitative estimate of drug-likeness (QED) is 0.626. The van der Waals surface area contributed by atoms with E-state index >= 15 is 0 Å². The van der Waals surface area contributed by atoms with Crippen LogP contribution in [0.4, 0.5) is 4.39 Å². The van der Waals surface area contributed by atoms with Gasteiger partial charge in [-0.05, 0) is 36.8 Å². The number of aromatic nitrogens is 2. The summed E-state index contributed by atoms with van der Waals surface area (Å²) < 4.78 is 15.4. The molecule has 0 saturated carbocycles. The topological polar surface area (TPSA) is 17.8 Å². The molecule has 0 bridgehead atoms. The Balaban J connectivity index is 2.27. The predicted molar refractivity (Wildman–Crippen MR) is 85.2 cm³/mol. The van der Waals surface area contributed by atoms with Gasteiger partial charge in [-0.25, -0.2) is 9.37 Å². The molecule has 21 heavy (non-hydrogen) atoms. The third kappa shape index (κ3) is 2.63. The summed E-state index contributed by atoms with van der Waals surface area (Å²) in [6, 6.07) is 10.4. The molecule has 1 aromatic heterocycles. The highest BCUT2D eigenvalue weighted by molar-refractivity contribution is 6.31. The van der Waals surface area contributed by atoms with E-state index in [1.54, 1.807) is 6.07 Å². The summed E-state index contributed by atoms with van der Waals surface area (Å²) in [6.45, 7) is 1.95. The third-order valence-corrected chi connectivity index (χ3v) is 4.01. The van der Waals surface area contributed by atoms with Crippen LogP contribution in [0.2, 0.25) is 5.02 Å². The summed E-state index contributed by atoms with van der Waals surface area (Å²) in [5, 5.41) is 0.688. The third-order valence-electron chi connectivity index (χ3n) is 3.42. The Bertz CT molecular complexity index is 811. The highest BCUT2D eigenvalue weighted by Crippen LogP contribution is 2.26. The first-order valence-corrected chi connectivity index (χ1v) is 7.51. The van der Waals surface area contributed by atoms with Crippen LogP contribution in [0.15, 0.2) is 36.4 Å². The molecule has 108 valence electrons. The van der Waals surface area contributed by atoms with Gasteiger partial charge in [-0.1, -0.05) is 17.7 Å². The molecule has 0 spiro atoms. The lowest BCUT2D eigenvalue weighted by atomic mass is 10.2. The molecule has 0 saturated heterocycles. The summed E-state index contributed by atoms with van der Waals surface area (Å²) in [6.07, 6.45) is 0.601. The summed E-state index contributed by atoms with van der Waals surface area (Å²) in [5.74, 6) is 0.947. The van der Waals surface area contributed by atoms with Crippen LogP contribution in [0.25, 0.3) is 16.7 Å². The standard InChI is InChI=1S/C16H13Cl2FN2/c1-10-2-4-12(9-13(10)18)21-15-5-3-11(19)8-14(15)20-16(21)6-7-17/h2-5,8-9H,6-7H2,1H3. The maximum Gasteiger partial charge on any atom is 0.125 e. The zero-order valence-corrected chi connectivity index (χ0v) is 12.9. The Kier molecular flexibility index (Phi) is 3.87. The van der Waals surface area contributed by atoms with E-state index in [1.807, 2.05) is 29.7 Å². The molecule has 1 heterocycles. The first-order chi connectivity index (χ1) is 10.1. The van der Waals surface area contributed by atoms with Gasteiger partial charge in [0.05, 0.1) is 11.0 Å². The molecular weight excluding hydrogens is 310 g/mol. The molecule has 0 aliphatic rings. The molecule has 0 unspecified atom stereocenters. The van der Waals surface area contributed by atoms with Crippen LogP contribution in [0, 0.1) is 12.7 Å². The monoisotopic (exact) mass is 322 g/mol. The smallest absolute Gasteiger partial charge is 0.125 e. The van der Waals surface area contributed by atoms with E-state index in [0.29, 0.717) is 22.8 Å². The van der Waals surface area contributed by atoms with Crippen molar-refractivity contribution in [3.05, 3.63) is 58.6 Å². The van der Waals surface area contributed by atoms with Crippen molar-refractivity contribution < 1.29 is 4.39 Å². The van der Waals surface area contributed by atoms with E-state index < -0.39 is 0 Å². The fourth-order valence-electron chi connectivity index (χ4n) is 2.36. The van der Waals surface area contributed by atoms with Crippen molar-refractivity contribution >= 4 is 34.2 Å². The van der Waals surface area contributed by atoms with Gasteiger partial charge in [0.15, 0.2) is 0 Å². The normalized spacial score (nSPS) is 11.2. The van der Waals surface area contributed by atoms with Gasteiger partial charge in [-0.15, -0.1) is 11.6 Å². The second-order valence-electron chi connectivity index (χ2n) is 4.87. The number of nitrogens with zero attached hydrogens (tertiary/aromatic N) is 2. The molecule has 5 heteroatoms. The van der Waals surface area contributed by atoms with Crippen LogP contribution in [0.5, 0.6) is 0 Å². The Morgan fingerprint density at radius 2 is 2.00 bits per heavy atom. The Hall–Kier alpha value is -1.58. The molecule has 0 N–H and O–H groups in total. The van der Waals surface area contributed by atoms with Crippen LogP contribution >= 0.6 is 23.2 Å². The maximum atomic E-state index is 13.4. The van der Waals surface area contributed by atoms with Gasteiger partial charge in [-0.2, -0.15) is 0 Å². The van der Waals surface area contributed by atoms with Gasteiger partial charge in [-0.3, -0.25) is 4.57 Å². The summed E-state index contributed by atoms with van der Waals surface area (Å²) in [5.41, 5.74) is 3.37. The molecule has 2 aromatic carbocycles. The van der Waals surface area contributed by atoms with Crippen LogP contribution in [-0.4, -0.2) is 15.4 Å². The molecule has 3 aromatic rings. The summed E-state index contributed by atoms with van der Waals surface area (Å²) >= 11 is 12.1. The maximum absolute atomic E-state index is 13.4. The van der Waals surface area contributed by atoms with Gasteiger partial charge >= 0.3 is 0 Å². The average molecular weight is 323 g/mol. The molecule has 3 rings (SSSR count). The first-order valence-electron chi connectivity index (χ1n) is 6.59. The van der Waals surface area contributed by atoms with Crippen molar-refractivity contribution in [1.29, 1.82) is 0 Å². The van der Waals surface area contributed by atoms with Gasteiger partial charge in [0.2, 0.25) is 0 Å². The lowest BCUT2D eigenvalue weighted by molar-refractivity contribution is 0.629. The van der Waals surface area contributed by atoms with E-state index in [9.17, 15) is 4.39 Å². The summed E-state index contributed by atoms with van der Waals surface area (Å²) in [7, 11) is 0. The zero-order chi connectivity index (χ0) is 15.0. The minimum absolute atomic E-state index is 0.300. The first kappa shape index (κ1) is 14.4. The van der Waals surface area contributed by atoms with Crippen molar-refractivity contribution in [3.63, 3.8) is 0 Å². The van der Waals surface area contributed by atoms with Crippen LogP contribution in [0.3, 0.4) is 0 Å². The van der Waals surface area contributed by atoms with Crippen molar-refractivity contribution in [2.45, 2.75) is 13.3 Å². The number of alkyl halides is 1. The van der Waals surface area contributed by atoms with Gasteiger partial charge in [0.1, 0.15) is 11.6 Å². The molecule has 2 nitrogen and oxygen atoms in total. The predicted octanol–water partition coefficient (Wildman–Crippen LogP) is 4.91. The van der Waals surface area contributed by atoms with E-state index in [4.69, 9.17) is 23.2 Å². The van der Waals surface area contributed by atoms with Crippen molar-refractivity contribution in [2.24, 2.45) is 0 Å². The van der Waals surface area contributed by atoms with Crippen LogP contribution in [0.1, 0.15) is 11.4 Å². The molecule has 0 aliphatic heterocycles. The highest BCUT2D eigenvalue weighted by Gasteiger charge is 2.13. The summed E-state index contributed by atoms with van der Waals surface area (Å²) in [4.78, 5) is 4.49. The van der Waals surface area contributed by atoms with E-state index in [2.05, 4.69) is 4.98 Å². The Morgan fingerprint density at radius 1 is 1.19 bits per heavy atom. The van der Waals surface area contributed by atoms with E-state index in [-0.39, 0.29) is 5.82 Å². The lowest BCUT2D eigenvalue weighted by Gasteiger charge is -2.10. The Morgan fingerprint density at radius 3 is 2.71 bits per heavy atom. The number of rotatable bonds is 3. The van der Waals surface area contributed by atoms with Crippen molar-refractivity contribution in [1.82, 2.24) is 9.55 Å². The minimum atomic E-state index is -0.300. The fraction of sp³-hybridized carbons (Fsp3) is 0.188. The number of benzene rings is 2. The largest absolute Gasteiger partial charge is 0.296 e. The highest BCUT2D eigenvalue weighted by atomic mass is 35.5. The van der Waals surface area contributed by atoms with Gasteiger partial charge < -0.3 is 0 Å². The van der Waals surface area contributed by atoms with E-state index in [1.165, 1.54) is 12.1 Å². The second kappa shape index (κ2) is 5.66. The molecule has 0 fully saturated rings. The lowest BCUT2D eigenvalue weighted by Crippen LogP contribution is -2.02. The van der Waals surface area contributed by atoms with E-state index in [0.717, 1.165) is 22.6 Å². The van der Waals surface area contributed by atoms with Gasteiger partial charge in [0, 0.05) is 29.1 Å². The molecular formula is C16H13Cl2FN2. The number of fused-ring (bicyclic) bond motifs is 1. The second-order valence-corrected chi connectivity index (χ2v) is 5.65. The zero-order valence-electron chi connectivity index (χ0n) is 11.4. The van der Waals surface area contributed by atoms with Crippen molar-refractivity contribution in [3.8, 4) is 5.69 Å². The van der Waals surface area contributed by atoms with Crippen molar-refractivity contribution in [2.75, 3.05) is 5.88 Å². The SMILES string of the molecule is Cc1ccc(-n2c(CCCl)nc3cc(F)ccc32)cc1Cl. The molecule has 0 atom stereocenters. The minimum Gasteiger partial charge on any atom is -0.296 e. The number of hydrogen-bond acceptors (Lipinski definition) is 1. The average Bonchev–Trinajstić information content (AvgIpc) is 2.79. The number of imidazole rings is 1. The fourth-order valence-corrected chi connectivity index (χ4v) is 2.71. The number of hydrogen-bond donors (Lipinski definition) is 0. The molecule has 0 aliphatic carbocycles. The molecule has 0 amide bonds. The van der Waals surface area contributed by atoms with Crippen LogP contribution < -0.4 is 0 Å². The number of aryl methyl sites for hydroxylation is 2. The number of halogens is 3. The van der Waals surface area contributed by atoms with Gasteiger partial charge in [0.25, 0.3) is 0 Å². The Labute approximate surface area is 132 Å².